The van der Waals surface area contributed by atoms with Crippen molar-refractivity contribution >= 4 is 34.3 Å². The normalized spacial score (nSPS) is 10.5. The number of hydrogen-bond donors (Lipinski definition) is 1. The Balaban J connectivity index is 1.83. The number of rotatable bonds is 5. The van der Waals surface area contributed by atoms with Crippen molar-refractivity contribution in [2.24, 2.45) is 0 Å². The van der Waals surface area contributed by atoms with E-state index in [-0.39, 0.29) is 5.69 Å². The molecule has 1 aromatic heterocycles. The molecule has 0 spiro atoms. The van der Waals surface area contributed by atoms with Crippen molar-refractivity contribution in [1.29, 1.82) is 0 Å². The minimum absolute atomic E-state index is 0.0819. The van der Waals surface area contributed by atoms with Crippen LogP contribution in [0.1, 0.15) is 4.88 Å². The first-order chi connectivity index (χ1) is 11.1. The van der Waals surface area contributed by atoms with Gasteiger partial charge in [-0.3, -0.25) is 10.1 Å². The highest BCUT2D eigenvalue weighted by molar-refractivity contribution is 7.15. The van der Waals surface area contributed by atoms with Crippen molar-refractivity contribution < 1.29 is 4.92 Å². The third-order valence-corrected chi connectivity index (χ3v) is 4.41. The highest BCUT2D eigenvalue weighted by Crippen LogP contribution is 2.30. The van der Waals surface area contributed by atoms with Crippen molar-refractivity contribution in [3.05, 3.63) is 74.2 Å². The third kappa shape index (κ3) is 3.67. The number of para-hydroxylation sites is 1. The van der Waals surface area contributed by atoms with Gasteiger partial charge in [0.2, 0.25) is 0 Å². The molecule has 0 radical (unpaired) electrons. The maximum Gasteiger partial charge on any atom is 0.269 e. The lowest BCUT2D eigenvalue weighted by Gasteiger charge is -2.11. The SMILES string of the molecule is O=[N+]([O-])c1ccc(-c2ccccc2NCc2cnc(Cl)s2)cc1. The van der Waals surface area contributed by atoms with Crippen LogP contribution >= 0.6 is 22.9 Å². The van der Waals surface area contributed by atoms with Gasteiger partial charge in [0.25, 0.3) is 5.69 Å². The number of nitro groups is 1. The fourth-order valence-electron chi connectivity index (χ4n) is 2.20. The fraction of sp³-hybridized carbons (Fsp3) is 0.0625. The molecule has 7 heteroatoms. The Morgan fingerprint density at radius 1 is 1.17 bits per heavy atom. The highest BCUT2D eigenvalue weighted by Gasteiger charge is 2.08. The minimum Gasteiger partial charge on any atom is -0.380 e. The number of thiazole rings is 1. The first-order valence-electron chi connectivity index (χ1n) is 6.81. The van der Waals surface area contributed by atoms with Gasteiger partial charge in [0, 0.05) is 34.5 Å². The maximum atomic E-state index is 10.8. The van der Waals surface area contributed by atoms with Crippen molar-refractivity contribution in [2.45, 2.75) is 6.54 Å². The van der Waals surface area contributed by atoms with E-state index in [4.69, 9.17) is 11.6 Å². The van der Waals surface area contributed by atoms with Gasteiger partial charge in [0.05, 0.1) is 11.5 Å². The number of nitrogens with zero attached hydrogens (tertiary/aromatic N) is 2. The van der Waals surface area contributed by atoms with E-state index in [1.54, 1.807) is 18.3 Å². The first kappa shape index (κ1) is 15.5. The Hall–Kier alpha value is -2.44. The zero-order valence-corrected chi connectivity index (χ0v) is 13.5. The molecule has 2 aromatic carbocycles. The molecule has 0 amide bonds. The van der Waals surface area contributed by atoms with Crippen LogP contribution in [0.15, 0.2) is 54.7 Å². The molecule has 0 bridgehead atoms. The molecule has 0 aliphatic rings. The molecule has 1 heterocycles. The summed E-state index contributed by atoms with van der Waals surface area (Å²) in [6.07, 6.45) is 1.74. The number of hydrogen-bond acceptors (Lipinski definition) is 5. The summed E-state index contributed by atoms with van der Waals surface area (Å²) in [5, 5.41) is 14.1. The summed E-state index contributed by atoms with van der Waals surface area (Å²) in [6.45, 7) is 0.619. The Morgan fingerprint density at radius 3 is 2.57 bits per heavy atom. The number of halogens is 1. The largest absolute Gasteiger partial charge is 0.380 e. The van der Waals surface area contributed by atoms with Gasteiger partial charge in [-0.1, -0.05) is 29.8 Å². The quantitative estimate of drug-likeness (QED) is 0.522. The van der Waals surface area contributed by atoms with E-state index in [9.17, 15) is 10.1 Å². The zero-order chi connectivity index (χ0) is 16.2. The van der Waals surface area contributed by atoms with Crippen LogP contribution in [0.2, 0.25) is 4.47 Å². The Kier molecular flexibility index (Phi) is 4.55. The lowest BCUT2D eigenvalue weighted by molar-refractivity contribution is -0.384. The Labute approximate surface area is 141 Å². The molecule has 0 aliphatic heterocycles. The van der Waals surface area contributed by atoms with Crippen molar-refractivity contribution in [2.75, 3.05) is 5.32 Å². The molecule has 23 heavy (non-hydrogen) atoms. The van der Waals surface area contributed by atoms with Crippen LogP contribution in [0.3, 0.4) is 0 Å². The van der Waals surface area contributed by atoms with Gasteiger partial charge >= 0.3 is 0 Å². The van der Waals surface area contributed by atoms with E-state index >= 15 is 0 Å². The molecule has 1 N–H and O–H groups in total. The van der Waals surface area contributed by atoms with E-state index in [2.05, 4.69) is 10.3 Å². The van der Waals surface area contributed by atoms with E-state index in [1.807, 2.05) is 24.3 Å². The Morgan fingerprint density at radius 2 is 1.91 bits per heavy atom. The molecule has 5 nitrogen and oxygen atoms in total. The molecule has 0 saturated heterocycles. The third-order valence-electron chi connectivity index (χ3n) is 3.29. The van der Waals surface area contributed by atoms with Gasteiger partial charge < -0.3 is 5.32 Å². The molecule has 0 saturated carbocycles. The van der Waals surface area contributed by atoms with Crippen LogP contribution in [0, 0.1) is 10.1 Å². The first-order valence-corrected chi connectivity index (χ1v) is 8.01. The Bertz CT molecular complexity index is 833. The molecule has 0 fully saturated rings. The van der Waals surface area contributed by atoms with Crippen LogP contribution in [0.4, 0.5) is 11.4 Å². The van der Waals surface area contributed by atoms with Crippen molar-refractivity contribution in [3.63, 3.8) is 0 Å². The van der Waals surface area contributed by atoms with Crippen molar-refractivity contribution in [3.8, 4) is 11.1 Å². The van der Waals surface area contributed by atoms with Gasteiger partial charge in [-0.25, -0.2) is 4.98 Å². The molecule has 0 atom stereocenters. The summed E-state index contributed by atoms with van der Waals surface area (Å²) in [4.78, 5) is 15.4. The average Bonchev–Trinajstić information content (AvgIpc) is 2.99. The number of benzene rings is 2. The van der Waals surface area contributed by atoms with Crippen LogP contribution in [0.5, 0.6) is 0 Å². The van der Waals surface area contributed by atoms with Gasteiger partial charge in [0.1, 0.15) is 0 Å². The minimum atomic E-state index is -0.401. The molecule has 3 aromatic rings. The molecule has 3 rings (SSSR count). The number of nitrogens with one attached hydrogen (secondary N) is 1. The van der Waals surface area contributed by atoms with Gasteiger partial charge in [-0.15, -0.1) is 11.3 Å². The summed E-state index contributed by atoms with van der Waals surface area (Å²) in [7, 11) is 0. The summed E-state index contributed by atoms with van der Waals surface area (Å²) in [5.41, 5.74) is 2.93. The smallest absolute Gasteiger partial charge is 0.269 e. The predicted molar refractivity (Wildman–Crippen MR) is 93.0 cm³/mol. The van der Waals surface area contributed by atoms with Crippen LogP contribution < -0.4 is 5.32 Å². The number of non-ortho nitro benzene ring substituents is 1. The van der Waals surface area contributed by atoms with E-state index < -0.39 is 4.92 Å². The predicted octanol–water partition coefficient (Wildman–Crippen LogP) is 4.98. The van der Waals surface area contributed by atoms with Crippen LogP contribution in [-0.2, 0) is 6.54 Å². The molecule has 0 unspecified atom stereocenters. The lowest BCUT2D eigenvalue weighted by atomic mass is 10.0. The number of nitro benzene ring substituents is 1. The monoisotopic (exact) mass is 345 g/mol. The fourth-order valence-corrected chi connectivity index (χ4v) is 3.12. The standard InChI is InChI=1S/C16H12ClN3O2S/c17-16-19-10-13(23-16)9-18-15-4-2-1-3-14(15)11-5-7-12(8-6-11)20(21)22/h1-8,10,18H,9H2. The van der Waals surface area contributed by atoms with Crippen LogP contribution in [0.25, 0.3) is 11.1 Å². The van der Waals surface area contributed by atoms with E-state index in [1.165, 1.54) is 23.5 Å². The molecular formula is C16H12ClN3O2S. The number of anilines is 1. The van der Waals surface area contributed by atoms with Gasteiger partial charge in [-0.05, 0) is 23.8 Å². The van der Waals surface area contributed by atoms with Crippen LogP contribution in [-0.4, -0.2) is 9.91 Å². The highest BCUT2D eigenvalue weighted by atomic mass is 35.5. The number of aromatic nitrogens is 1. The molecule has 116 valence electrons. The lowest BCUT2D eigenvalue weighted by Crippen LogP contribution is -1.99. The summed E-state index contributed by atoms with van der Waals surface area (Å²) in [5.74, 6) is 0. The van der Waals surface area contributed by atoms with E-state index in [0.717, 1.165) is 21.7 Å². The summed E-state index contributed by atoms with van der Waals surface area (Å²) in [6, 6.07) is 14.3. The summed E-state index contributed by atoms with van der Waals surface area (Å²) >= 11 is 7.26. The van der Waals surface area contributed by atoms with Gasteiger partial charge in [-0.2, -0.15) is 0 Å². The summed E-state index contributed by atoms with van der Waals surface area (Å²) < 4.78 is 0.519. The topological polar surface area (TPSA) is 68.1 Å². The average molecular weight is 346 g/mol. The second kappa shape index (κ2) is 6.76. The molecule has 0 aliphatic carbocycles. The molecular weight excluding hydrogens is 334 g/mol. The maximum absolute atomic E-state index is 10.8. The van der Waals surface area contributed by atoms with Crippen molar-refractivity contribution in [1.82, 2.24) is 4.98 Å². The second-order valence-electron chi connectivity index (χ2n) is 4.78. The zero-order valence-electron chi connectivity index (χ0n) is 11.9. The van der Waals surface area contributed by atoms with E-state index in [0.29, 0.717) is 11.0 Å². The second-order valence-corrected chi connectivity index (χ2v) is 6.48. The van der Waals surface area contributed by atoms with Gasteiger partial charge in [0.15, 0.2) is 4.47 Å².